The molecule has 0 saturated carbocycles. The summed E-state index contributed by atoms with van der Waals surface area (Å²) in [6, 6.07) is 1.54. The molecule has 6 heteroatoms. The molecule has 0 aliphatic carbocycles. The Balaban J connectivity index is 3.67. The molecule has 0 fully saturated rings. The van der Waals surface area contributed by atoms with Crippen molar-refractivity contribution in [2.24, 2.45) is 5.73 Å². The van der Waals surface area contributed by atoms with Crippen molar-refractivity contribution in [3.05, 3.63) is 17.2 Å². The average Bonchev–Trinajstić information content (AvgIpc) is 2.33. The van der Waals surface area contributed by atoms with Crippen LogP contribution in [0.2, 0.25) is 0 Å². The van der Waals surface area contributed by atoms with Gasteiger partial charge in [0.2, 0.25) is 5.91 Å². The fourth-order valence-corrected chi connectivity index (χ4v) is 3.88. The number of carbonyl (C=O) groups is 1. The summed E-state index contributed by atoms with van der Waals surface area (Å²) in [5, 5.41) is 3.42. The summed E-state index contributed by atoms with van der Waals surface area (Å²) in [4.78, 5) is 11.6. The topological polar surface area (TPSA) is 81.4 Å². The van der Waals surface area contributed by atoms with Crippen LogP contribution in [0.5, 0.6) is 5.75 Å². The number of nitrogens with two attached hydrogens (primary N) is 1. The predicted octanol–water partition coefficient (Wildman–Crippen LogP) is 1.40. The van der Waals surface area contributed by atoms with Crippen molar-refractivity contribution in [2.75, 3.05) is 32.3 Å². The number of amides is 1. The minimum Gasteiger partial charge on any atom is -0.494 e. The molecule has 1 rings (SSSR count). The quantitative estimate of drug-likeness (QED) is 0.635. The largest absolute Gasteiger partial charge is 0.494 e. The molecule has 0 aliphatic heterocycles. The highest BCUT2D eigenvalue weighted by atomic mass is 31.2. The number of carbonyl (C=O) groups excluding carboxylic acids is 1. The monoisotopic (exact) mass is 294 g/mol. The molecule has 0 radical (unpaired) electrons. The van der Waals surface area contributed by atoms with Crippen LogP contribution in [0.15, 0.2) is 6.07 Å². The lowest BCUT2D eigenvalue weighted by atomic mass is 10.1. The summed E-state index contributed by atoms with van der Waals surface area (Å²) in [6.07, 6.45) is 5.21. The highest BCUT2D eigenvalue weighted by Gasteiger charge is 2.26. The lowest BCUT2D eigenvalue weighted by molar-refractivity contribution is 0.100. The van der Waals surface area contributed by atoms with Gasteiger partial charge >= 0.3 is 0 Å². The lowest BCUT2D eigenvalue weighted by Gasteiger charge is -2.20. The number of ether oxygens (including phenoxy) is 1. The molecular weight excluding hydrogens is 275 g/mol. The van der Waals surface area contributed by atoms with Gasteiger partial charge in [0.15, 0.2) is 0 Å². The second kappa shape index (κ2) is 6.02. The van der Waals surface area contributed by atoms with Gasteiger partial charge in [-0.3, -0.25) is 4.79 Å². The van der Waals surface area contributed by atoms with Crippen molar-refractivity contribution in [1.82, 2.24) is 0 Å². The van der Waals surface area contributed by atoms with E-state index in [0.717, 1.165) is 0 Å². The lowest BCUT2D eigenvalue weighted by Crippen LogP contribution is -2.25. The molecule has 0 atom stereocenters. The summed E-state index contributed by atoms with van der Waals surface area (Å²) in [5.41, 5.74) is 6.83. The van der Waals surface area contributed by atoms with E-state index in [1.54, 1.807) is 26.3 Å². The molecule has 1 amide bonds. The van der Waals surface area contributed by atoms with Gasteiger partial charge in [0.05, 0.1) is 24.9 Å². The zero-order valence-corrected chi connectivity index (χ0v) is 13.0. The summed E-state index contributed by atoms with van der Waals surface area (Å²) >= 11 is 0. The van der Waals surface area contributed by atoms with E-state index in [2.05, 4.69) is 11.2 Å². The zero-order valence-electron chi connectivity index (χ0n) is 12.1. The number of methoxy groups -OCH3 is 1. The van der Waals surface area contributed by atoms with Gasteiger partial charge in [-0.15, -0.1) is 6.42 Å². The van der Waals surface area contributed by atoms with Gasteiger partial charge < -0.3 is 20.4 Å². The van der Waals surface area contributed by atoms with E-state index in [1.807, 2.05) is 0 Å². The van der Waals surface area contributed by atoms with Crippen LogP contribution in [0.25, 0.3) is 0 Å². The zero-order chi connectivity index (χ0) is 15.5. The molecule has 1 aromatic rings. The van der Waals surface area contributed by atoms with Gasteiger partial charge in [0.1, 0.15) is 12.9 Å². The minimum atomic E-state index is -2.68. The Morgan fingerprint density at radius 3 is 2.55 bits per heavy atom. The van der Waals surface area contributed by atoms with Crippen molar-refractivity contribution in [3.8, 4) is 18.1 Å². The molecule has 3 N–H and O–H groups in total. The van der Waals surface area contributed by atoms with Crippen molar-refractivity contribution in [2.45, 2.75) is 6.92 Å². The van der Waals surface area contributed by atoms with Crippen LogP contribution in [0.1, 0.15) is 15.9 Å². The van der Waals surface area contributed by atoms with Crippen LogP contribution in [0, 0.1) is 19.3 Å². The first kappa shape index (κ1) is 16.1. The van der Waals surface area contributed by atoms with E-state index in [1.165, 1.54) is 7.11 Å². The maximum absolute atomic E-state index is 12.4. The highest BCUT2D eigenvalue weighted by Crippen LogP contribution is 2.42. The van der Waals surface area contributed by atoms with Crippen molar-refractivity contribution in [3.63, 3.8) is 0 Å². The van der Waals surface area contributed by atoms with E-state index < -0.39 is 13.0 Å². The van der Waals surface area contributed by atoms with E-state index >= 15 is 0 Å². The SMILES string of the molecule is C#CCNc1cc(C(N)=O)c(P(C)(C)=O)c(C)c1OC. The molecule has 0 saturated heterocycles. The summed E-state index contributed by atoms with van der Waals surface area (Å²) < 4.78 is 17.8. The van der Waals surface area contributed by atoms with Crippen LogP contribution >= 0.6 is 7.14 Å². The summed E-state index contributed by atoms with van der Waals surface area (Å²) in [5.74, 6) is 2.33. The molecule has 5 nitrogen and oxygen atoms in total. The number of hydrogen-bond donors (Lipinski definition) is 2. The maximum Gasteiger partial charge on any atom is 0.249 e. The Bertz CT molecular complexity index is 626. The molecule has 0 heterocycles. The number of hydrogen-bond acceptors (Lipinski definition) is 4. The number of primary amides is 1. The number of nitrogens with one attached hydrogen (secondary N) is 1. The van der Waals surface area contributed by atoms with Gasteiger partial charge in [-0.05, 0) is 26.3 Å². The van der Waals surface area contributed by atoms with Crippen LogP contribution in [0.4, 0.5) is 5.69 Å². The first-order chi connectivity index (χ1) is 9.23. The van der Waals surface area contributed by atoms with E-state index in [9.17, 15) is 9.36 Å². The Kier molecular flexibility index (Phi) is 4.86. The third-order valence-corrected chi connectivity index (χ3v) is 4.53. The van der Waals surface area contributed by atoms with Crippen molar-refractivity contribution >= 4 is 24.0 Å². The second-order valence-electron chi connectivity index (χ2n) is 4.75. The molecule has 0 aliphatic rings. The molecule has 20 heavy (non-hydrogen) atoms. The van der Waals surface area contributed by atoms with Gasteiger partial charge in [-0.1, -0.05) is 5.92 Å². The van der Waals surface area contributed by atoms with Gasteiger partial charge in [-0.25, -0.2) is 0 Å². The van der Waals surface area contributed by atoms with Gasteiger partial charge in [-0.2, -0.15) is 0 Å². The Morgan fingerprint density at radius 2 is 2.15 bits per heavy atom. The van der Waals surface area contributed by atoms with Crippen LogP contribution in [0.3, 0.4) is 0 Å². The number of anilines is 1. The molecule has 0 aromatic heterocycles. The standard InChI is InChI=1S/C14H19N2O3P/c1-6-7-16-11-8-10(14(15)17)13(20(4,5)18)9(2)12(11)19-3/h1,8,16H,7H2,2-5H3,(H2,15,17). The molecule has 108 valence electrons. The van der Waals surface area contributed by atoms with Crippen molar-refractivity contribution < 1.29 is 14.1 Å². The maximum atomic E-state index is 12.4. The fraction of sp³-hybridized carbons (Fsp3) is 0.357. The molecule has 0 bridgehead atoms. The predicted molar refractivity (Wildman–Crippen MR) is 82.7 cm³/mol. The molecule has 1 aromatic carbocycles. The third-order valence-electron chi connectivity index (χ3n) is 2.87. The van der Waals surface area contributed by atoms with Crippen LogP contribution < -0.4 is 21.1 Å². The van der Waals surface area contributed by atoms with E-state index in [4.69, 9.17) is 16.9 Å². The van der Waals surface area contributed by atoms with E-state index in [0.29, 0.717) is 22.3 Å². The van der Waals surface area contributed by atoms with Crippen LogP contribution in [-0.4, -0.2) is 32.9 Å². The third kappa shape index (κ3) is 3.15. The molecular formula is C14H19N2O3P. The number of benzene rings is 1. The second-order valence-corrected chi connectivity index (χ2v) is 7.90. The average molecular weight is 294 g/mol. The smallest absolute Gasteiger partial charge is 0.249 e. The van der Waals surface area contributed by atoms with Gasteiger partial charge in [0.25, 0.3) is 0 Å². The Hall–Kier alpha value is -1.92. The van der Waals surface area contributed by atoms with Crippen molar-refractivity contribution in [1.29, 1.82) is 0 Å². The first-order valence-corrected chi connectivity index (χ1v) is 8.58. The van der Waals surface area contributed by atoms with Gasteiger partial charge in [0, 0.05) is 10.9 Å². The minimum absolute atomic E-state index is 0.233. The number of terminal acetylenes is 1. The summed E-state index contributed by atoms with van der Waals surface area (Å²) in [7, 11) is -1.17. The number of rotatable bonds is 5. The molecule has 0 unspecified atom stereocenters. The summed E-state index contributed by atoms with van der Waals surface area (Å²) in [6.45, 7) is 5.22. The fourth-order valence-electron chi connectivity index (χ4n) is 2.21. The highest BCUT2D eigenvalue weighted by molar-refractivity contribution is 7.70. The Labute approximate surface area is 119 Å². The van der Waals surface area contributed by atoms with Crippen LogP contribution in [-0.2, 0) is 4.57 Å². The van der Waals surface area contributed by atoms with E-state index in [-0.39, 0.29) is 12.1 Å². The normalized spacial score (nSPS) is 10.8. The molecule has 0 spiro atoms. The Morgan fingerprint density at radius 1 is 1.55 bits per heavy atom. The first-order valence-electron chi connectivity index (χ1n) is 5.98.